The summed E-state index contributed by atoms with van der Waals surface area (Å²) >= 11 is 11.8. The van der Waals surface area contributed by atoms with E-state index in [1.807, 2.05) is 0 Å². The van der Waals surface area contributed by atoms with Crippen molar-refractivity contribution in [2.75, 3.05) is 17.7 Å². The second-order valence-electron chi connectivity index (χ2n) is 4.76. The van der Waals surface area contributed by atoms with Gasteiger partial charge in [-0.15, -0.1) is 0 Å². The molecule has 1 unspecified atom stereocenters. The summed E-state index contributed by atoms with van der Waals surface area (Å²) in [6, 6.07) is 3.07. The molecule has 104 valence electrons. The lowest BCUT2D eigenvalue weighted by molar-refractivity contribution is -0.126. The Morgan fingerprint density at radius 1 is 1.53 bits per heavy atom. The van der Waals surface area contributed by atoms with E-state index in [9.17, 15) is 4.79 Å². The highest BCUT2D eigenvalue weighted by molar-refractivity contribution is 6.37. The largest absolute Gasteiger partial charge is 0.397 e. The molecular formula is C13H16Cl2N2O2. The highest BCUT2D eigenvalue weighted by atomic mass is 35.5. The van der Waals surface area contributed by atoms with Gasteiger partial charge in [-0.05, 0) is 37.8 Å². The zero-order chi connectivity index (χ0) is 14.0. The molecule has 4 nitrogen and oxygen atoms in total. The third-order valence-electron chi connectivity index (χ3n) is 2.98. The minimum atomic E-state index is -0.535. The lowest BCUT2D eigenvalue weighted by Crippen LogP contribution is -2.28. The smallest absolute Gasteiger partial charge is 0.253 e. The number of hydrogen-bond donors (Lipinski definition) is 2. The van der Waals surface area contributed by atoms with Gasteiger partial charge in [-0.2, -0.15) is 0 Å². The Hall–Kier alpha value is -0.970. The first-order chi connectivity index (χ1) is 8.97. The topological polar surface area (TPSA) is 64.3 Å². The van der Waals surface area contributed by atoms with Gasteiger partial charge < -0.3 is 15.8 Å². The van der Waals surface area contributed by atoms with E-state index in [-0.39, 0.29) is 5.91 Å². The zero-order valence-electron chi connectivity index (χ0n) is 10.6. The van der Waals surface area contributed by atoms with Gasteiger partial charge in [-0.1, -0.05) is 23.2 Å². The van der Waals surface area contributed by atoms with Crippen LogP contribution in [0.5, 0.6) is 0 Å². The van der Waals surface area contributed by atoms with Gasteiger partial charge in [0, 0.05) is 5.02 Å². The zero-order valence-corrected chi connectivity index (χ0v) is 12.1. The average molecular weight is 303 g/mol. The summed E-state index contributed by atoms with van der Waals surface area (Å²) in [5.41, 5.74) is 6.49. The van der Waals surface area contributed by atoms with Crippen molar-refractivity contribution in [2.45, 2.75) is 25.9 Å². The SMILES string of the molecule is CC(OCC1CC1)C(=O)Nc1c(N)cc(Cl)cc1Cl. The molecule has 0 saturated heterocycles. The lowest BCUT2D eigenvalue weighted by atomic mass is 10.2. The normalized spacial score (nSPS) is 16.2. The molecule has 1 saturated carbocycles. The number of nitrogens with one attached hydrogen (secondary N) is 1. The molecule has 0 heterocycles. The summed E-state index contributed by atoms with van der Waals surface area (Å²) in [5.74, 6) is 0.344. The number of carbonyl (C=O) groups is 1. The number of hydrogen-bond acceptors (Lipinski definition) is 3. The molecule has 1 amide bonds. The van der Waals surface area contributed by atoms with E-state index in [1.54, 1.807) is 13.0 Å². The van der Waals surface area contributed by atoms with E-state index in [4.69, 9.17) is 33.7 Å². The Kier molecular flexibility index (Phi) is 4.55. The molecule has 0 spiro atoms. The Morgan fingerprint density at radius 3 is 2.79 bits per heavy atom. The van der Waals surface area contributed by atoms with Gasteiger partial charge in [0.15, 0.2) is 0 Å². The molecule has 0 radical (unpaired) electrons. The van der Waals surface area contributed by atoms with E-state index < -0.39 is 6.10 Å². The van der Waals surface area contributed by atoms with Gasteiger partial charge in [-0.3, -0.25) is 4.79 Å². The fraction of sp³-hybridized carbons (Fsp3) is 0.462. The maximum atomic E-state index is 12.0. The van der Waals surface area contributed by atoms with Crippen LogP contribution in [0.1, 0.15) is 19.8 Å². The Morgan fingerprint density at radius 2 is 2.21 bits per heavy atom. The van der Waals surface area contributed by atoms with Crippen LogP contribution in [-0.2, 0) is 9.53 Å². The maximum absolute atomic E-state index is 12.0. The van der Waals surface area contributed by atoms with Crippen molar-refractivity contribution < 1.29 is 9.53 Å². The molecule has 1 aromatic rings. The summed E-state index contributed by atoms with van der Waals surface area (Å²) in [5, 5.41) is 3.41. The number of halogens is 2. The first-order valence-corrected chi connectivity index (χ1v) is 6.90. The molecular weight excluding hydrogens is 287 g/mol. The fourth-order valence-corrected chi connectivity index (χ4v) is 2.15. The Labute approximate surface area is 122 Å². The van der Waals surface area contributed by atoms with Gasteiger partial charge in [-0.25, -0.2) is 0 Å². The van der Waals surface area contributed by atoms with Crippen LogP contribution in [0.2, 0.25) is 10.0 Å². The molecule has 1 aliphatic rings. The van der Waals surface area contributed by atoms with Crippen molar-refractivity contribution in [3.8, 4) is 0 Å². The van der Waals surface area contributed by atoms with Gasteiger partial charge in [0.2, 0.25) is 0 Å². The molecule has 0 aromatic heterocycles. The van der Waals surface area contributed by atoms with Crippen molar-refractivity contribution in [3.05, 3.63) is 22.2 Å². The van der Waals surface area contributed by atoms with E-state index in [1.165, 1.54) is 18.9 Å². The van der Waals surface area contributed by atoms with Gasteiger partial charge in [0.1, 0.15) is 6.10 Å². The first kappa shape index (κ1) is 14.4. The number of rotatable bonds is 5. The fourth-order valence-electron chi connectivity index (χ4n) is 1.59. The highest BCUT2D eigenvalue weighted by Crippen LogP contribution is 2.32. The number of nitrogen functional groups attached to an aromatic ring is 1. The summed E-state index contributed by atoms with van der Waals surface area (Å²) in [6.07, 6.45) is 1.83. The molecule has 2 rings (SSSR count). The van der Waals surface area contributed by atoms with E-state index in [2.05, 4.69) is 5.32 Å². The van der Waals surface area contributed by atoms with Crippen LogP contribution >= 0.6 is 23.2 Å². The van der Waals surface area contributed by atoms with Gasteiger partial charge in [0.25, 0.3) is 5.91 Å². The van der Waals surface area contributed by atoms with Crippen molar-refractivity contribution in [3.63, 3.8) is 0 Å². The van der Waals surface area contributed by atoms with Crippen molar-refractivity contribution in [2.24, 2.45) is 5.92 Å². The molecule has 1 fully saturated rings. The third-order valence-corrected chi connectivity index (χ3v) is 3.50. The van der Waals surface area contributed by atoms with Crippen LogP contribution in [0.4, 0.5) is 11.4 Å². The maximum Gasteiger partial charge on any atom is 0.253 e. The van der Waals surface area contributed by atoms with E-state index >= 15 is 0 Å². The highest BCUT2D eigenvalue weighted by Gasteiger charge is 2.24. The summed E-state index contributed by atoms with van der Waals surface area (Å²) < 4.78 is 5.48. The van der Waals surface area contributed by atoms with Gasteiger partial charge >= 0.3 is 0 Å². The van der Waals surface area contributed by atoms with E-state index in [0.29, 0.717) is 33.9 Å². The van der Waals surface area contributed by atoms with Crippen LogP contribution in [-0.4, -0.2) is 18.6 Å². The summed E-state index contributed by atoms with van der Waals surface area (Å²) in [4.78, 5) is 12.0. The molecule has 19 heavy (non-hydrogen) atoms. The lowest BCUT2D eigenvalue weighted by Gasteiger charge is -2.15. The quantitative estimate of drug-likeness (QED) is 0.820. The number of benzene rings is 1. The first-order valence-electron chi connectivity index (χ1n) is 6.14. The molecule has 3 N–H and O–H groups in total. The standard InChI is InChI=1S/C13H16Cl2N2O2/c1-7(19-6-8-2-3-8)13(18)17-12-10(15)4-9(14)5-11(12)16/h4-5,7-8H,2-3,6,16H2,1H3,(H,17,18). The minimum Gasteiger partial charge on any atom is -0.397 e. The molecule has 1 aromatic carbocycles. The van der Waals surface area contributed by atoms with Crippen LogP contribution in [0.3, 0.4) is 0 Å². The van der Waals surface area contributed by atoms with Crippen LogP contribution in [0.15, 0.2) is 12.1 Å². The second-order valence-corrected chi connectivity index (χ2v) is 5.60. The summed E-state index contributed by atoms with van der Waals surface area (Å²) in [7, 11) is 0. The Balaban J connectivity index is 1.97. The number of amides is 1. The minimum absolute atomic E-state index is 0.267. The van der Waals surface area contributed by atoms with Gasteiger partial charge in [0.05, 0.1) is 23.0 Å². The Bertz CT molecular complexity index is 467. The molecule has 0 aliphatic heterocycles. The number of anilines is 2. The number of carbonyl (C=O) groups excluding carboxylic acids is 1. The molecule has 0 bridgehead atoms. The predicted octanol–water partition coefficient (Wildman–Crippen LogP) is 3.33. The van der Waals surface area contributed by atoms with Crippen molar-refractivity contribution in [1.82, 2.24) is 0 Å². The van der Waals surface area contributed by atoms with Crippen molar-refractivity contribution >= 4 is 40.5 Å². The molecule has 6 heteroatoms. The van der Waals surface area contributed by atoms with Crippen molar-refractivity contribution in [1.29, 1.82) is 0 Å². The van der Waals surface area contributed by atoms with Crippen LogP contribution in [0.25, 0.3) is 0 Å². The molecule has 1 aliphatic carbocycles. The molecule has 1 atom stereocenters. The number of ether oxygens (including phenoxy) is 1. The van der Waals surface area contributed by atoms with Crippen LogP contribution in [0, 0.1) is 5.92 Å². The average Bonchev–Trinajstić information content (AvgIpc) is 3.14. The monoisotopic (exact) mass is 302 g/mol. The third kappa shape index (κ3) is 4.00. The predicted molar refractivity (Wildman–Crippen MR) is 77.6 cm³/mol. The second kappa shape index (κ2) is 5.99. The van der Waals surface area contributed by atoms with Crippen LogP contribution < -0.4 is 11.1 Å². The summed E-state index contributed by atoms with van der Waals surface area (Å²) in [6.45, 7) is 2.33. The van der Waals surface area contributed by atoms with E-state index in [0.717, 1.165) is 0 Å². The number of nitrogens with two attached hydrogens (primary N) is 1.